The van der Waals surface area contributed by atoms with Crippen LogP contribution >= 0.6 is 0 Å². The molecule has 0 aliphatic rings. The van der Waals surface area contributed by atoms with Crippen LogP contribution in [-0.2, 0) is 0 Å². The van der Waals surface area contributed by atoms with E-state index in [1.54, 1.807) is 0 Å². The monoisotopic (exact) mass is 332 g/mol. The molecule has 1 heterocycles. The number of aromatic nitrogens is 2. The van der Waals surface area contributed by atoms with E-state index < -0.39 is 0 Å². The fourth-order valence-corrected chi connectivity index (χ4v) is 3.42. The highest BCUT2D eigenvalue weighted by molar-refractivity contribution is 5.96. The molecule has 1 aromatic heterocycles. The van der Waals surface area contributed by atoms with Crippen molar-refractivity contribution >= 4 is 21.5 Å². The summed E-state index contributed by atoms with van der Waals surface area (Å²) in [5.41, 5.74) is 3.11. The molecule has 5 rings (SSSR count). The van der Waals surface area contributed by atoms with Gasteiger partial charge in [0.1, 0.15) is 0 Å². The van der Waals surface area contributed by atoms with Crippen LogP contribution < -0.4 is 0 Å². The Balaban J connectivity index is 1.66. The Morgan fingerprint density at radius 1 is 0.577 bits per heavy atom. The van der Waals surface area contributed by atoms with Crippen molar-refractivity contribution in [3.8, 4) is 22.6 Å². The van der Waals surface area contributed by atoms with Crippen molar-refractivity contribution < 1.29 is 0 Å². The number of fused-ring (bicyclic) bond motifs is 2. The second-order valence-corrected chi connectivity index (χ2v) is 6.35. The van der Waals surface area contributed by atoms with Gasteiger partial charge in [0.2, 0.25) is 0 Å². The normalized spacial score (nSPS) is 11.1. The van der Waals surface area contributed by atoms with E-state index >= 15 is 0 Å². The molecular weight excluding hydrogens is 316 g/mol. The number of hydrogen-bond acceptors (Lipinski definition) is 2. The summed E-state index contributed by atoms with van der Waals surface area (Å²) in [5.74, 6) is 0.751. The predicted octanol–water partition coefficient (Wildman–Crippen LogP) is 6.12. The van der Waals surface area contributed by atoms with Crippen molar-refractivity contribution in [2.45, 2.75) is 0 Å². The van der Waals surface area contributed by atoms with Gasteiger partial charge in [0.15, 0.2) is 5.82 Å². The van der Waals surface area contributed by atoms with Crippen LogP contribution in [-0.4, -0.2) is 9.97 Å². The van der Waals surface area contributed by atoms with E-state index in [4.69, 9.17) is 4.98 Å². The number of benzene rings is 4. The first-order valence-corrected chi connectivity index (χ1v) is 8.69. The average Bonchev–Trinajstić information content (AvgIpc) is 2.73. The van der Waals surface area contributed by atoms with Crippen molar-refractivity contribution in [1.29, 1.82) is 0 Å². The molecule has 5 aromatic rings. The van der Waals surface area contributed by atoms with E-state index in [9.17, 15) is 0 Å². The SMILES string of the molecule is c1ccc2cc(-c3nccc(-c4cccc5ccccc45)n3)ccc2c1. The molecule has 0 atom stereocenters. The molecular formula is C24H16N2. The maximum absolute atomic E-state index is 4.86. The van der Waals surface area contributed by atoms with Crippen molar-refractivity contribution in [1.82, 2.24) is 9.97 Å². The lowest BCUT2D eigenvalue weighted by atomic mass is 10.0. The maximum Gasteiger partial charge on any atom is 0.159 e. The van der Waals surface area contributed by atoms with E-state index in [2.05, 4.69) is 89.9 Å². The van der Waals surface area contributed by atoms with Crippen LogP contribution in [0.1, 0.15) is 0 Å². The molecule has 0 bridgehead atoms. The first-order valence-electron chi connectivity index (χ1n) is 8.69. The van der Waals surface area contributed by atoms with Crippen LogP contribution in [0.3, 0.4) is 0 Å². The minimum absolute atomic E-state index is 0.751. The molecule has 0 radical (unpaired) electrons. The predicted molar refractivity (Wildman–Crippen MR) is 108 cm³/mol. The Morgan fingerprint density at radius 3 is 2.27 bits per heavy atom. The summed E-state index contributed by atoms with van der Waals surface area (Å²) in [6.45, 7) is 0. The van der Waals surface area contributed by atoms with E-state index in [-0.39, 0.29) is 0 Å². The summed E-state index contributed by atoms with van der Waals surface area (Å²) in [6.07, 6.45) is 1.84. The minimum atomic E-state index is 0.751. The lowest BCUT2D eigenvalue weighted by molar-refractivity contribution is 1.18. The van der Waals surface area contributed by atoms with Crippen LogP contribution in [0.15, 0.2) is 97.2 Å². The van der Waals surface area contributed by atoms with Gasteiger partial charge in [-0.25, -0.2) is 9.97 Å². The third-order valence-electron chi connectivity index (χ3n) is 4.73. The Morgan fingerprint density at radius 2 is 1.35 bits per heavy atom. The summed E-state index contributed by atoms with van der Waals surface area (Å²) in [6, 6.07) is 31.4. The van der Waals surface area contributed by atoms with E-state index in [1.165, 1.54) is 21.5 Å². The van der Waals surface area contributed by atoms with Gasteiger partial charge in [-0.05, 0) is 33.7 Å². The Kier molecular flexibility index (Phi) is 3.46. The van der Waals surface area contributed by atoms with Crippen molar-refractivity contribution in [2.75, 3.05) is 0 Å². The summed E-state index contributed by atoms with van der Waals surface area (Å²) >= 11 is 0. The molecule has 0 saturated carbocycles. The van der Waals surface area contributed by atoms with Gasteiger partial charge in [0.25, 0.3) is 0 Å². The molecule has 0 aliphatic heterocycles. The van der Waals surface area contributed by atoms with Crippen LogP contribution in [0.5, 0.6) is 0 Å². The van der Waals surface area contributed by atoms with E-state index in [1.807, 2.05) is 12.3 Å². The quantitative estimate of drug-likeness (QED) is 0.389. The fraction of sp³-hybridized carbons (Fsp3) is 0. The molecule has 0 N–H and O–H groups in total. The van der Waals surface area contributed by atoms with Gasteiger partial charge in [-0.3, -0.25) is 0 Å². The van der Waals surface area contributed by atoms with E-state index in [0.717, 1.165) is 22.6 Å². The Labute approximate surface area is 151 Å². The number of nitrogens with zero attached hydrogens (tertiary/aromatic N) is 2. The lowest BCUT2D eigenvalue weighted by Gasteiger charge is -2.08. The van der Waals surface area contributed by atoms with Crippen molar-refractivity contribution in [3.63, 3.8) is 0 Å². The molecule has 122 valence electrons. The standard InChI is InChI=1S/C24H16N2/c1-2-8-19-16-20(13-12-17(19)6-1)24-25-15-14-23(26-24)22-11-5-9-18-7-3-4-10-21(18)22/h1-16H. The molecule has 0 amide bonds. The molecule has 2 heteroatoms. The lowest BCUT2D eigenvalue weighted by Crippen LogP contribution is -1.92. The van der Waals surface area contributed by atoms with Crippen LogP contribution in [0.2, 0.25) is 0 Å². The van der Waals surface area contributed by atoms with Crippen LogP contribution in [0, 0.1) is 0 Å². The Hall–Kier alpha value is -3.52. The van der Waals surface area contributed by atoms with Gasteiger partial charge < -0.3 is 0 Å². The molecule has 0 spiro atoms. The van der Waals surface area contributed by atoms with Crippen LogP contribution in [0.25, 0.3) is 44.2 Å². The fourth-order valence-electron chi connectivity index (χ4n) is 3.42. The summed E-state index contributed by atoms with van der Waals surface area (Å²) in [4.78, 5) is 9.37. The summed E-state index contributed by atoms with van der Waals surface area (Å²) in [5, 5.41) is 4.85. The molecule has 0 saturated heterocycles. The molecule has 0 fully saturated rings. The zero-order valence-electron chi connectivity index (χ0n) is 14.1. The summed E-state index contributed by atoms with van der Waals surface area (Å²) in [7, 11) is 0. The third kappa shape index (κ3) is 2.52. The highest BCUT2D eigenvalue weighted by atomic mass is 14.9. The molecule has 2 nitrogen and oxygen atoms in total. The first kappa shape index (κ1) is 14.8. The Bertz CT molecular complexity index is 1240. The smallest absolute Gasteiger partial charge is 0.159 e. The topological polar surface area (TPSA) is 25.8 Å². The molecule has 0 aliphatic carbocycles. The minimum Gasteiger partial charge on any atom is -0.237 e. The number of hydrogen-bond donors (Lipinski definition) is 0. The van der Waals surface area contributed by atoms with Gasteiger partial charge in [-0.1, -0.05) is 78.9 Å². The van der Waals surface area contributed by atoms with Gasteiger partial charge in [0, 0.05) is 17.3 Å². The van der Waals surface area contributed by atoms with Crippen molar-refractivity contribution in [3.05, 3.63) is 97.2 Å². The van der Waals surface area contributed by atoms with E-state index in [0.29, 0.717) is 0 Å². The van der Waals surface area contributed by atoms with Crippen LogP contribution in [0.4, 0.5) is 0 Å². The van der Waals surface area contributed by atoms with Gasteiger partial charge in [-0.15, -0.1) is 0 Å². The molecule has 0 unspecified atom stereocenters. The largest absolute Gasteiger partial charge is 0.237 e. The van der Waals surface area contributed by atoms with Gasteiger partial charge in [0.05, 0.1) is 5.69 Å². The third-order valence-corrected chi connectivity index (χ3v) is 4.73. The highest BCUT2D eigenvalue weighted by Gasteiger charge is 2.08. The zero-order valence-corrected chi connectivity index (χ0v) is 14.1. The number of rotatable bonds is 2. The maximum atomic E-state index is 4.86. The second kappa shape index (κ2) is 6.08. The summed E-state index contributed by atoms with van der Waals surface area (Å²) < 4.78 is 0. The highest BCUT2D eigenvalue weighted by Crippen LogP contribution is 2.29. The van der Waals surface area contributed by atoms with Crippen molar-refractivity contribution in [2.24, 2.45) is 0 Å². The first-order chi connectivity index (χ1) is 12.9. The second-order valence-electron chi connectivity index (χ2n) is 6.35. The molecule has 26 heavy (non-hydrogen) atoms. The molecule has 4 aromatic carbocycles. The van der Waals surface area contributed by atoms with Gasteiger partial charge >= 0.3 is 0 Å². The zero-order chi connectivity index (χ0) is 17.3. The average molecular weight is 332 g/mol. The van der Waals surface area contributed by atoms with Gasteiger partial charge in [-0.2, -0.15) is 0 Å².